The van der Waals surface area contributed by atoms with Gasteiger partial charge in [0, 0.05) is 36.4 Å². The third kappa shape index (κ3) is 7.38. The van der Waals surface area contributed by atoms with E-state index in [2.05, 4.69) is 21.1 Å². The van der Waals surface area contributed by atoms with Gasteiger partial charge in [0.25, 0.3) is 0 Å². The number of nitrogens with zero attached hydrogens (tertiary/aromatic N) is 3. The largest absolute Gasteiger partial charge is 0.488 e. The van der Waals surface area contributed by atoms with E-state index in [0.29, 0.717) is 46.4 Å². The number of hydrogen-bond acceptors (Lipinski definition) is 7. The molecule has 1 aliphatic heterocycles. The Balaban J connectivity index is 1.56. The monoisotopic (exact) mass is 578 g/mol. The number of aliphatic hydroxyl groups excluding tert-OH is 1. The first-order valence-electron chi connectivity index (χ1n) is 13.8. The van der Waals surface area contributed by atoms with E-state index in [1.165, 1.54) is 4.90 Å². The average Bonchev–Trinajstić information content (AvgIpc) is 3.29. The summed E-state index contributed by atoms with van der Waals surface area (Å²) in [5.41, 5.74) is 2.80. The molecule has 0 saturated heterocycles. The van der Waals surface area contributed by atoms with Gasteiger partial charge in [-0.05, 0) is 51.1 Å². The number of amides is 5. The normalized spacial score (nSPS) is 17.6. The van der Waals surface area contributed by atoms with Gasteiger partial charge in [-0.15, -0.1) is 0 Å². The Kier molecular flexibility index (Phi) is 9.68. The molecule has 3 atom stereocenters. The summed E-state index contributed by atoms with van der Waals surface area (Å²) in [6.07, 6.45) is -0.485. The molecule has 1 aromatic heterocycles. The highest BCUT2D eigenvalue weighted by molar-refractivity contribution is 6.00. The zero-order chi connectivity index (χ0) is 30.4. The van der Waals surface area contributed by atoms with Crippen molar-refractivity contribution in [1.29, 1.82) is 0 Å². The number of rotatable bonds is 7. The first-order valence-corrected chi connectivity index (χ1v) is 13.8. The Morgan fingerprint density at radius 3 is 2.50 bits per heavy atom. The Morgan fingerprint density at radius 1 is 1.12 bits per heavy atom. The number of carbonyl (C=O) groups excluding carboxylic acids is 3. The van der Waals surface area contributed by atoms with Crippen LogP contribution >= 0.6 is 0 Å². The van der Waals surface area contributed by atoms with Crippen LogP contribution in [0.15, 0.2) is 53.1 Å². The molecule has 4 rings (SSSR count). The highest BCUT2D eigenvalue weighted by atomic mass is 16.5. The van der Waals surface area contributed by atoms with Gasteiger partial charge >= 0.3 is 12.1 Å². The molecule has 0 spiro atoms. The minimum Gasteiger partial charge on any atom is -0.488 e. The van der Waals surface area contributed by atoms with Crippen LogP contribution in [0, 0.1) is 19.8 Å². The van der Waals surface area contributed by atoms with Crippen LogP contribution in [0.4, 0.5) is 26.7 Å². The number of carbonyl (C=O) groups is 3. The summed E-state index contributed by atoms with van der Waals surface area (Å²) in [5, 5.41) is 22.2. The van der Waals surface area contributed by atoms with Gasteiger partial charge in [-0.2, -0.15) is 0 Å². The van der Waals surface area contributed by atoms with Gasteiger partial charge in [0.2, 0.25) is 5.91 Å². The number of anilines is 3. The summed E-state index contributed by atoms with van der Waals surface area (Å²) < 4.78 is 11.6. The molecule has 0 unspecified atom stereocenters. The lowest BCUT2D eigenvalue weighted by Gasteiger charge is -2.34. The molecule has 0 fully saturated rings. The van der Waals surface area contributed by atoms with Crippen molar-refractivity contribution >= 4 is 35.0 Å². The maximum Gasteiger partial charge on any atom is 0.323 e. The van der Waals surface area contributed by atoms with E-state index >= 15 is 0 Å². The molecule has 0 bridgehead atoms. The molecule has 1 aliphatic rings. The van der Waals surface area contributed by atoms with Crippen LogP contribution in [0.5, 0.6) is 5.75 Å². The quantitative estimate of drug-likeness (QED) is 0.327. The number of aryl methyl sites for hydroxylation is 2. The van der Waals surface area contributed by atoms with Crippen molar-refractivity contribution in [3.8, 4) is 5.75 Å². The Morgan fingerprint density at radius 2 is 1.83 bits per heavy atom. The number of nitrogens with one attached hydrogen (secondary N) is 3. The number of aromatic nitrogens is 1. The number of ether oxygens (including phenoxy) is 1. The summed E-state index contributed by atoms with van der Waals surface area (Å²) >= 11 is 0. The summed E-state index contributed by atoms with van der Waals surface area (Å²) in [6, 6.07) is 13.0. The van der Waals surface area contributed by atoms with Gasteiger partial charge in [-0.3, -0.25) is 4.79 Å². The maximum absolute atomic E-state index is 13.5. The number of likely N-dealkylation sites (N-methyl/N-ethyl adjacent to an activating group) is 1. The van der Waals surface area contributed by atoms with E-state index in [1.54, 1.807) is 63.1 Å². The minimum atomic E-state index is -0.497. The second-order valence-corrected chi connectivity index (χ2v) is 10.7. The highest BCUT2D eigenvalue weighted by Crippen LogP contribution is 2.29. The molecule has 0 saturated carbocycles. The van der Waals surface area contributed by atoms with Gasteiger partial charge in [-0.1, -0.05) is 30.3 Å². The predicted molar refractivity (Wildman–Crippen MR) is 159 cm³/mol. The van der Waals surface area contributed by atoms with E-state index in [4.69, 9.17) is 9.26 Å². The van der Waals surface area contributed by atoms with Crippen molar-refractivity contribution in [2.24, 2.45) is 5.92 Å². The molecule has 4 N–H and O–H groups in total. The van der Waals surface area contributed by atoms with Crippen LogP contribution in [0.1, 0.15) is 30.9 Å². The first-order chi connectivity index (χ1) is 20.0. The minimum absolute atomic E-state index is 0.0112. The summed E-state index contributed by atoms with van der Waals surface area (Å²) in [4.78, 5) is 42.3. The van der Waals surface area contributed by atoms with Gasteiger partial charge in [0.05, 0.1) is 25.6 Å². The van der Waals surface area contributed by atoms with Gasteiger partial charge in [0.15, 0.2) is 5.76 Å². The SMILES string of the molecule is Cc1noc(C)c1NC(=O)N(C)C[C@H]1Oc2ccc(NC(=O)Nc3ccccc3)cc2CC(=O)N([C@H](C)CO)C[C@@H]1C. The Labute approximate surface area is 245 Å². The fraction of sp³-hybridized carbons (Fsp3) is 0.400. The zero-order valence-corrected chi connectivity index (χ0v) is 24.5. The van der Waals surface area contributed by atoms with Crippen LogP contribution < -0.4 is 20.7 Å². The van der Waals surface area contributed by atoms with Gasteiger partial charge in [-0.25, -0.2) is 9.59 Å². The molecule has 3 aromatic rings. The summed E-state index contributed by atoms with van der Waals surface area (Å²) in [5.74, 6) is 0.610. The van der Waals surface area contributed by atoms with Crippen molar-refractivity contribution in [2.45, 2.75) is 46.3 Å². The predicted octanol–water partition coefficient (Wildman–Crippen LogP) is 4.25. The van der Waals surface area contributed by atoms with E-state index in [0.717, 1.165) is 0 Å². The molecule has 12 nitrogen and oxygen atoms in total. The fourth-order valence-corrected chi connectivity index (χ4v) is 4.76. The van der Waals surface area contributed by atoms with E-state index in [-0.39, 0.29) is 37.4 Å². The second kappa shape index (κ2) is 13.4. The molecule has 2 heterocycles. The third-order valence-electron chi connectivity index (χ3n) is 7.27. The van der Waals surface area contributed by atoms with Crippen LogP contribution in [-0.4, -0.2) is 76.9 Å². The van der Waals surface area contributed by atoms with Crippen LogP contribution in [0.3, 0.4) is 0 Å². The molecule has 12 heteroatoms. The van der Waals surface area contributed by atoms with Crippen molar-refractivity contribution in [3.05, 3.63) is 65.5 Å². The molecule has 0 radical (unpaired) electrons. The Hall–Kier alpha value is -4.58. The van der Waals surface area contributed by atoms with E-state index in [9.17, 15) is 19.5 Å². The smallest absolute Gasteiger partial charge is 0.323 e. The second-order valence-electron chi connectivity index (χ2n) is 10.7. The van der Waals surface area contributed by atoms with Crippen molar-refractivity contribution in [3.63, 3.8) is 0 Å². The molecule has 42 heavy (non-hydrogen) atoms. The van der Waals surface area contributed by atoms with Crippen LogP contribution in [0.25, 0.3) is 0 Å². The molecule has 224 valence electrons. The Bertz CT molecular complexity index is 1390. The van der Waals surface area contributed by atoms with Crippen molar-refractivity contribution in [2.75, 3.05) is 42.7 Å². The lowest BCUT2D eigenvalue weighted by Crippen LogP contribution is -2.48. The summed E-state index contributed by atoms with van der Waals surface area (Å²) in [7, 11) is 1.66. The van der Waals surface area contributed by atoms with Gasteiger partial charge in [0.1, 0.15) is 23.2 Å². The van der Waals surface area contributed by atoms with Crippen molar-refractivity contribution in [1.82, 2.24) is 15.0 Å². The summed E-state index contributed by atoms with van der Waals surface area (Å²) in [6.45, 7) is 7.54. The number of para-hydroxylation sites is 1. The number of benzene rings is 2. The number of hydrogen-bond donors (Lipinski definition) is 4. The molecular formula is C30H38N6O6. The molecule has 2 aromatic carbocycles. The van der Waals surface area contributed by atoms with Crippen LogP contribution in [-0.2, 0) is 11.2 Å². The van der Waals surface area contributed by atoms with E-state index < -0.39 is 18.2 Å². The topological polar surface area (TPSA) is 149 Å². The average molecular weight is 579 g/mol. The molecule has 0 aliphatic carbocycles. The van der Waals surface area contributed by atoms with Crippen molar-refractivity contribution < 1.29 is 28.8 Å². The van der Waals surface area contributed by atoms with E-state index in [1.807, 2.05) is 25.1 Å². The highest BCUT2D eigenvalue weighted by Gasteiger charge is 2.32. The lowest BCUT2D eigenvalue weighted by molar-refractivity contribution is -0.134. The maximum atomic E-state index is 13.5. The fourth-order valence-electron chi connectivity index (χ4n) is 4.76. The van der Waals surface area contributed by atoms with Crippen LogP contribution in [0.2, 0.25) is 0 Å². The van der Waals surface area contributed by atoms with Gasteiger partial charge < -0.3 is 40.1 Å². The number of fused-ring (bicyclic) bond motifs is 1. The molecule has 5 amide bonds. The molecular weight excluding hydrogens is 540 g/mol. The zero-order valence-electron chi connectivity index (χ0n) is 24.5. The standard InChI is InChI=1S/C30H38N6O6/c1-18-15-36(19(2)17-37)27(38)14-22-13-24(32-29(39)31-23-9-7-6-8-10-23)11-12-25(22)41-26(18)16-35(5)30(40)33-28-20(3)34-42-21(28)4/h6-13,18-19,26,37H,14-17H2,1-5H3,(H,33,40)(H2,31,32,39)/t18-,19+,26+/m0/s1. The third-order valence-corrected chi connectivity index (χ3v) is 7.27. The number of aliphatic hydroxyl groups is 1. The first kappa shape index (κ1) is 30.4. The number of urea groups is 2. The lowest BCUT2D eigenvalue weighted by atomic mass is 10.0.